The molecule has 0 bridgehead atoms. The van der Waals surface area contributed by atoms with Gasteiger partial charge < -0.3 is 9.47 Å². The summed E-state index contributed by atoms with van der Waals surface area (Å²) in [4.78, 5) is 11.4. The maximum Gasteiger partial charge on any atom is 0.519 e. The number of hydrogen-bond donors (Lipinski definition) is 0. The summed E-state index contributed by atoms with van der Waals surface area (Å²) in [6.45, 7) is 1.96. The summed E-state index contributed by atoms with van der Waals surface area (Å²) in [5, 5.41) is 0. The molecule has 2 aromatic rings. The van der Waals surface area contributed by atoms with E-state index in [0.29, 0.717) is 11.5 Å². The largest absolute Gasteiger partial charge is 0.519 e. The van der Waals surface area contributed by atoms with Crippen molar-refractivity contribution in [2.75, 3.05) is 0 Å². The van der Waals surface area contributed by atoms with E-state index in [1.807, 2.05) is 25.1 Å². The fourth-order valence-corrected chi connectivity index (χ4v) is 1.31. The molecule has 0 aliphatic heterocycles. The Balaban J connectivity index is 1.96. The topological polar surface area (TPSA) is 35.5 Å². The van der Waals surface area contributed by atoms with Gasteiger partial charge in [0.2, 0.25) is 0 Å². The molecule has 2 rings (SSSR count). The molecule has 0 saturated heterocycles. The van der Waals surface area contributed by atoms with Crippen LogP contribution in [0.4, 0.5) is 4.79 Å². The van der Waals surface area contributed by atoms with E-state index < -0.39 is 6.16 Å². The molecule has 3 nitrogen and oxygen atoms in total. The molecule has 86 valence electrons. The number of rotatable bonds is 2. The van der Waals surface area contributed by atoms with Crippen molar-refractivity contribution in [1.82, 2.24) is 0 Å². The van der Waals surface area contributed by atoms with Crippen LogP contribution in [0.5, 0.6) is 11.5 Å². The summed E-state index contributed by atoms with van der Waals surface area (Å²) < 4.78 is 10.00. The van der Waals surface area contributed by atoms with E-state index in [4.69, 9.17) is 9.47 Å². The molecule has 0 spiro atoms. The third-order valence-electron chi connectivity index (χ3n) is 2.17. The van der Waals surface area contributed by atoms with Crippen molar-refractivity contribution in [3.05, 3.63) is 60.2 Å². The zero-order chi connectivity index (χ0) is 12.1. The van der Waals surface area contributed by atoms with Crippen LogP contribution in [-0.4, -0.2) is 6.16 Å². The van der Waals surface area contributed by atoms with Gasteiger partial charge in [-0.2, -0.15) is 0 Å². The minimum absolute atomic E-state index is 0.463. The van der Waals surface area contributed by atoms with Crippen LogP contribution in [0.1, 0.15) is 5.56 Å². The van der Waals surface area contributed by atoms with Crippen molar-refractivity contribution in [3.8, 4) is 11.5 Å². The van der Waals surface area contributed by atoms with Crippen molar-refractivity contribution in [2.45, 2.75) is 6.92 Å². The van der Waals surface area contributed by atoms with Crippen LogP contribution in [0.15, 0.2) is 54.6 Å². The number of aryl methyl sites for hydroxylation is 1. The molecule has 0 radical (unpaired) electrons. The SMILES string of the molecule is Cc1ccc(OC(=O)Oc2ccccc2)cc1. The van der Waals surface area contributed by atoms with Gasteiger partial charge >= 0.3 is 6.16 Å². The lowest BCUT2D eigenvalue weighted by molar-refractivity contribution is 0.152. The van der Waals surface area contributed by atoms with Gasteiger partial charge in [-0.15, -0.1) is 0 Å². The van der Waals surface area contributed by atoms with Crippen molar-refractivity contribution in [1.29, 1.82) is 0 Å². The maximum absolute atomic E-state index is 11.4. The van der Waals surface area contributed by atoms with E-state index in [1.54, 1.807) is 36.4 Å². The van der Waals surface area contributed by atoms with Gasteiger partial charge in [0, 0.05) is 0 Å². The first-order valence-electron chi connectivity index (χ1n) is 5.25. The molecule has 0 saturated carbocycles. The molecule has 3 heteroatoms. The number of carbonyl (C=O) groups excluding carboxylic acids is 1. The van der Waals surface area contributed by atoms with Gasteiger partial charge in [-0.05, 0) is 31.2 Å². The predicted octanol–water partition coefficient (Wildman–Crippen LogP) is 3.57. The van der Waals surface area contributed by atoms with E-state index in [1.165, 1.54) is 0 Å². The first-order valence-corrected chi connectivity index (χ1v) is 5.25. The standard InChI is InChI=1S/C14H12O3/c1-11-7-9-13(10-8-11)17-14(15)16-12-5-3-2-4-6-12/h2-10H,1H3. The fraction of sp³-hybridized carbons (Fsp3) is 0.0714. The van der Waals surface area contributed by atoms with Crippen LogP contribution in [-0.2, 0) is 0 Å². The Kier molecular flexibility index (Phi) is 3.40. The Bertz CT molecular complexity index is 489. The normalized spacial score (nSPS) is 9.71. The Hall–Kier alpha value is -2.29. The molecule has 0 aliphatic rings. The van der Waals surface area contributed by atoms with E-state index in [-0.39, 0.29) is 0 Å². The van der Waals surface area contributed by atoms with Crippen LogP contribution < -0.4 is 9.47 Å². The molecule has 0 aromatic heterocycles. The van der Waals surface area contributed by atoms with Crippen LogP contribution in [0.3, 0.4) is 0 Å². The zero-order valence-corrected chi connectivity index (χ0v) is 9.42. The van der Waals surface area contributed by atoms with Gasteiger partial charge in [0.25, 0.3) is 0 Å². The number of ether oxygens (including phenoxy) is 2. The highest BCUT2D eigenvalue weighted by molar-refractivity contribution is 5.66. The summed E-state index contributed by atoms with van der Waals surface area (Å²) in [7, 11) is 0. The van der Waals surface area contributed by atoms with Crippen LogP contribution in [0.25, 0.3) is 0 Å². The van der Waals surface area contributed by atoms with Gasteiger partial charge in [0.05, 0.1) is 0 Å². The molecule has 0 heterocycles. The zero-order valence-electron chi connectivity index (χ0n) is 9.42. The first-order chi connectivity index (χ1) is 8.24. The van der Waals surface area contributed by atoms with Gasteiger partial charge in [0.15, 0.2) is 0 Å². The van der Waals surface area contributed by atoms with Gasteiger partial charge in [0.1, 0.15) is 11.5 Å². The smallest absolute Gasteiger partial charge is 0.395 e. The third-order valence-corrected chi connectivity index (χ3v) is 2.17. The Morgan fingerprint density at radius 3 is 1.94 bits per heavy atom. The summed E-state index contributed by atoms with van der Waals surface area (Å²) in [6.07, 6.45) is -0.736. The second-order valence-electron chi connectivity index (χ2n) is 3.58. The number of carbonyl (C=O) groups is 1. The summed E-state index contributed by atoms with van der Waals surface area (Å²) in [6, 6.07) is 16.0. The maximum atomic E-state index is 11.4. The second-order valence-corrected chi connectivity index (χ2v) is 3.58. The van der Waals surface area contributed by atoms with Gasteiger partial charge in [-0.1, -0.05) is 35.9 Å². The predicted molar refractivity (Wildman–Crippen MR) is 64.3 cm³/mol. The van der Waals surface area contributed by atoms with Crippen LogP contribution >= 0.6 is 0 Å². The first kappa shape index (κ1) is 11.2. The lowest BCUT2D eigenvalue weighted by Crippen LogP contribution is -2.13. The molecule has 0 unspecified atom stereocenters. The molecule has 0 atom stereocenters. The van der Waals surface area contributed by atoms with E-state index in [9.17, 15) is 4.79 Å². The lowest BCUT2D eigenvalue weighted by atomic mass is 10.2. The highest BCUT2D eigenvalue weighted by atomic mass is 16.7. The Morgan fingerprint density at radius 1 is 0.824 bits per heavy atom. The molecular weight excluding hydrogens is 216 g/mol. The fourth-order valence-electron chi connectivity index (χ4n) is 1.31. The Labute approximate surface area is 99.6 Å². The molecule has 0 fully saturated rings. The lowest BCUT2D eigenvalue weighted by Gasteiger charge is -2.05. The monoisotopic (exact) mass is 228 g/mol. The summed E-state index contributed by atoms with van der Waals surface area (Å²) >= 11 is 0. The van der Waals surface area contributed by atoms with Crippen molar-refractivity contribution >= 4 is 6.16 Å². The van der Waals surface area contributed by atoms with Crippen LogP contribution in [0, 0.1) is 6.92 Å². The minimum Gasteiger partial charge on any atom is -0.395 e. The van der Waals surface area contributed by atoms with Crippen LogP contribution in [0.2, 0.25) is 0 Å². The highest BCUT2D eigenvalue weighted by Crippen LogP contribution is 2.14. The molecule has 2 aromatic carbocycles. The summed E-state index contributed by atoms with van der Waals surface area (Å²) in [5.74, 6) is 0.932. The average Bonchev–Trinajstić information content (AvgIpc) is 2.33. The minimum atomic E-state index is -0.736. The molecule has 0 N–H and O–H groups in total. The molecule has 0 amide bonds. The molecule has 17 heavy (non-hydrogen) atoms. The summed E-state index contributed by atoms with van der Waals surface area (Å²) in [5.41, 5.74) is 1.11. The van der Waals surface area contributed by atoms with Crippen molar-refractivity contribution in [2.24, 2.45) is 0 Å². The second kappa shape index (κ2) is 5.16. The molecular formula is C14H12O3. The highest BCUT2D eigenvalue weighted by Gasteiger charge is 2.06. The quantitative estimate of drug-likeness (QED) is 0.582. The van der Waals surface area contributed by atoms with E-state index in [0.717, 1.165) is 5.56 Å². The van der Waals surface area contributed by atoms with Gasteiger partial charge in [-0.3, -0.25) is 0 Å². The number of hydrogen-bond acceptors (Lipinski definition) is 3. The number of benzene rings is 2. The third kappa shape index (κ3) is 3.34. The van der Waals surface area contributed by atoms with E-state index in [2.05, 4.69) is 0 Å². The van der Waals surface area contributed by atoms with Crippen molar-refractivity contribution < 1.29 is 14.3 Å². The average molecular weight is 228 g/mol. The Morgan fingerprint density at radius 2 is 1.35 bits per heavy atom. The molecule has 0 aliphatic carbocycles. The van der Waals surface area contributed by atoms with E-state index >= 15 is 0 Å². The number of para-hydroxylation sites is 1. The van der Waals surface area contributed by atoms with Crippen molar-refractivity contribution in [3.63, 3.8) is 0 Å². The van der Waals surface area contributed by atoms with Gasteiger partial charge in [-0.25, -0.2) is 4.79 Å².